The number of nitrogens with two attached hydrogens (primary N) is 2. The number of halogens is 1. The number of ether oxygens (including phenoxy) is 1. The number of methoxy groups -OCH3 is 1. The molecule has 1 fully saturated rings. The van der Waals surface area contributed by atoms with Gasteiger partial charge in [-0.2, -0.15) is 0 Å². The molecule has 1 aliphatic heterocycles. The van der Waals surface area contributed by atoms with Crippen LogP contribution in [0.5, 0.6) is 5.75 Å². The average molecular weight is 451 g/mol. The summed E-state index contributed by atoms with van der Waals surface area (Å²) in [6.07, 6.45) is 2.60. The molecule has 2 aromatic rings. The third-order valence-corrected chi connectivity index (χ3v) is 5.81. The molecule has 170 valence electrons. The van der Waals surface area contributed by atoms with E-state index in [0.29, 0.717) is 43.2 Å². The molecule has 2 heterocycles. The van der Waals surface area contributed by atoms with Crippen LogP contribution < -0.4 is 26.4 Å². The second-order valence-corrected chi connectivity index (χ2v) is 7.73. The maximum Gasteiger partial charge on any atom is 0.240 e. The summed E-state index contributed by atoms with van der Waals surface area (Å²) in [6, 6.07) is 7.03. The molecule has 1 aromatic carbocycles. The first-order valence-corrected chi connectivity index (χ1v) is 10.1. The lowest BCUT2D eigenvalue weighted by atomic mass is 9.87. The summed E-state index contributed by atoms with van der Waals surface area (Å²) in [6.45, 7) is 0.955. The number of hydrogen-bond acceptors (Lipinski definition) is 8. The highest BCUT2D eigenvalue weighted by atomic mass is 35.5. The van der Waals surface area contributed by atoms with Crippen molar-refractivity contribution in [1.29, 1.82) is 0 Å². The lowest BCUT2D eigenvalue weighted by molar-refractivity contribution is -0.128. The Morgan fingerprint density at radius 2 is 1.97 bits per heavy atom. The van der Waals surface area contributed by atoms with E-state index >= 15 is 0 Å². The summed E-state index contributed by atoms with van der Waals surface area (Å²) in [4.78, 5) is 23.1. The molecule has 0 radical (unpaired) electrons. The minimum Gasteiger partial charge on any atom is -0.497 e. The summed E-state index contributed by atoms with van der Waals surface area (Å²) in [5, 5.41) is 12.7. The molecule has 1 amide bonds. The third kappa shape index (κ3) is 5.55. The number of benzene rings is 1. The van der Waals surface area contributed by atoms with Gasteiger partial charge in [-0.25, -0.2) is 9.97 Å². The van der Waals surface area contributed by atoms with E-state index in [1.165, 1.54) is 6.33 Å². The third-order valence-electron chi connectivity index (χ3n) is 5.45. The molecule has 0 unspecified atom stereocenters. The number of piperidine rings is 1. The van der Waals surface area contributed by atoms with E-state index in [1.807, 2.05) is 29.2 Å². The standard InChI is InChI=1S/C20H27ClN6O3.CH4/c1-30-14-4-2-13(3-5-14)15(6-11-28)26-19(29)20(23)7-9-27(10-8-20)18-16(21)17(22)24-12-25-18;/h2-5,12,15,28H,6-11,23H2,1H3,(H,26,29)(H2,22,24,25);1H4/t15-;/m0./s1. The first-order chi connectivity index (χ1) is 14.4. The number of anilines is 2. The number of carbonyl (C=O) groups is 1. The Balaban J connectivity index is 0.00000341. The number of hydrogen-bond donors (Lipinski definition) is 4. The van der Waals surface area contributed by atoms with Gasteiger partial charge in [0.15, 0.2) is 5.82 Å². The molecule has 1 saturated heterocycles. The molecule has 9 nitrogen and oxygen atoms in total. The molecule has 3 rings (SSSR count). The van der Waals surface area contributed by atoms with Gasteiger partial charge in [-0.15, -0.1) is 0 Å². The Bertz CT molecular complexity index is 872. The molecule has 0 saturated carbocycles. The molecule has 1 aliphatic rings. The van der Waals surface area contributed by atoms with E-state index in [9.17, 15) is 9.90 Å². The number of carbonyl (C=O) groups excluding carboxylic acids is 1. The summed E-state index contributed by atoms with van der Waals surface area (Å²) in [7, 11) is 1.59. The van der Waals surface area contributed by atoms with Crippen molar-refractivity contribution in [3.05, 3.63) is 41.2 Å². The van der Waals surface area contributed by atoms with Crippen LogP contribution in [0.2, 0.25) is 5.02 Å². The van der Waals surface area contributed by atoms with Crippen LogP contribution in [0, 0.1) is 0 Å². The number of aliphatic hydroxyl groups excluding tert-OH is 1. The molecule has 6 N–H and O–H groups in total. The molecule has 0 aliphatic carbocycles. The number of rotatable bonds is 7. The van der Waals surface area contributed by atoms with E-state index in [1.54, 1.807) is 7.11 Å². The van der Waals surface area contributed by atoms with Crippen molar-refractivity contribution in [2.75, 3.05) is 37.4 Å². The second-order valence-electron chi connectivity index (χ2n) is 7.35. The zero-order valence-corrected chi connectivity index (χ0v) is 17.6. The smallest absolute Gasteiger partial charge is 0.240 e. The van der Waals surface area contributed by atoms with Crippen LogP contribution in [-0.4, -0.2) is 53.3 Å². The van der Waals surface area contributed by atoms with Gasteiger partial charge in [-0.3, -0.25) is 4.79 Å². The SMILES string of the molecule is C.COc1ccc([C@H](CCO)NC(=O)C2(N)CCN(c3ncnc(N)c3Cl)CC2)cc1. The van der Waals surface area contributed by atoms with E-state index in [-0.39, 0.29) is 31.8 Å². The number of nitrogens with zero attached hydrogens (tertiary/aromatic N) is 3. The van der Waals surface area contributed by atoms with Gasteiger partial charge < -0.3 is 31.5 Å². The normalized spacial score (nSPS) is 16.2. The van der Waals surface area contributed by atoms with Crippen LogP contribution in [0.3, 0.4) is 0 Å². The topological polar surface area (TPSA) is 140 Å². The first kappa shape index (κ1) is 24.6. The van der Waals surface area contributed by atoms with Crippen molar-refractivity contribution < 1.29 is 14.6 Å². The molecular weight excluding hydrogens is 420 g/mol. The van der Waals surface area contributed by atoms with Crippen molar-refractivity contribution in [2.24, 2.45) is 5.73 Å². The van der Waals surface area contributed by atoms with Crippen molar-refractivity contribution in [2.45, 2.75) is 38.3 Å². The van der Waals surface area contributed by atoms with Crippen molar-refractivity contribution >= 4 is 29.1 Å². The molecule has 1 atom stereocenters. The zero-order chi connectivity index (χ0) is 21.7. The van der Waals surface area contributed by atoms with Gasteiger partial charge in [0, 0.05) is 19.7 Å². The fraction of sp³-hybridized carbons (Fsp3) is 0.476. The maximum atomic E-state index is 13.0. The van der Waals surface area contributed by atoms with Gasteiger partial charge in [-0.05, 0) is 37.0 Å². The number of nitrogen functional groups attached to an aromatic ring is 1. The van der Waals surface area contributed by atoms with Crippen molar-refractivity contribution in [1.82, 2.24) is 15.3 Å². The summed E-state index contributed by atoms with van der Waals surface area (Å²) < 4.78 is 5.18. The Morgan fingerprint density at radius 1 is 1.32 bits per heavy atom. The molecule has 31 heavy (non-hydrogen) atoms. The van der Waals surface area contributed by atoms with E-state index < -0.39 is 5.54 Å². The van der Waals surface area contributed by atoms with E-state index in [2.05, 4.69) is 15.3 Å². The van der Waals surface area contributed by atoms with Crippen molar-refractivity contribution in [3.8, 4) is 5.75 Å². The summed E-state index contributed by atoms with van der Waals surface area (Å²) in [5.41, 5.74) is 12.1. The van der Waals surface area contributed by atoms with Crippen LogP contribution >= 0.6 is 11.6 Å². The predicted octanol–water partition coefficient (Wildman–Crippen LogP) is 1.89. The number of aliphatic hydroxyl groups is 1. The van der Waals surface area contributed by atoms with Gasteiger partial charge in [0.2, 0.25) is 5.91 Å². The highest BCUT2D eigenvalue weighted by Crippen LogP contribution is 2.31. The van der Waals surface area contributed by atoms with Crippen molar-refractivity contribution in [3.63, 3.8) is 0 Å². The predicted molar refractivity (Wildman–Crippen MR) is 122 cm³/mol. The first-order valence-electron chi connectivity index (χ1n) is 9.73. The van der Waals surface area contributed by atoms with E-state index in [4.69, 9.17) is 27.8 Å². The van der Waals surface area contributed by atoms with Crippen LogP contribution in [0.15, 0.2) is 30.6 Å². The Morgan fingerprint density at radius 3 is 2.55 bits per heavy atom. The fourth-order valence-corrected chi connectivity index (χ4v) is 3.75. The Labute approximate surface area is 187 Å². The number of nitrogens with one attached hydrogen (secondary N) is 1. The average Bonchev–Trinajstić information content (AvgIpc) is 2.76. The minimum absolute atomic E-state index is 0. The van der Waals surface area contributed by atoms with E-state index in [0.717, 1.165) is 11.3 Å². The van der Waals surface area contributed by atoms with Crippen LogP contribution in [0.25, 0.3) is 0 Å². The van der Waals surface area contributed by atoms with Gasteiger partial charge >= 0.3 is 0 Å². The second kappa shape index (κ2) is 10.6. The van der Waals surface area contributed by atoms with Crippen LogP contribution in [0.1, 0.15) is 38.3 Å². The highest BCUT2D eigenvalue weighted by molar-refractivity contribution is 6.35. The van der Waals surface area contributed by atoms with Gasteiger partial charge in [-0.1, -0.05) is 31.2 Å². The summed E-state index contributed by atoms with van der Waals surface area (Å²) >= 11 is 6.22. The van der Waals surface area contributed by atoms with Gasteiger partial charge in [0.1, 0.15) is 22.9 Å². The Kier molecular flexibility index (Phi) is 8.43. The zero-order valence-electron chi connectivity index (χ0n) is 16.8. The van der Waals surface area contributed by atoms with Gasteiger partial charge in [0.25, 0.3) is 0 Å². The molecule has 1 aromatic heterocycles. The fourth-order valence-electron chi connectivity index (χ4n) is 3.53. The maximum absolute atomic E-state index is 13.0. The monoisotopic (exact) mass is 450 g/mol. The van der Waals surface area contributed by atoms with Crippen LogP contribution in [-0.2, 0) is 4.79 Å². The molecular formula is C21H31ClN6O3. The lowest BCUT2D eigenvalue weighted by Crippen LogP contribution is -2.60. The summed E-state index contributed by atoms with van der Waals surface area (Å²) in [5.74, 6) is 1.24. The molecule has 10 heteroatoms. The largest absolute Gasteiger partial charge is 0.497 e. The molecule has 0 bridgehead atoms. The quantitative estimate of drug-likeness (QED) is 0.501. The number of amides is 1. The highest BCUT2D eigenvalue weighted by Gasteiger charge is 2.39. The Hall–Kier alpha value is -2.62. The van der Waals surface area contributed by atoms with Crippen LogP contribution in [0.4, 0.5) is 11.6 Å². The van der Waals surface area contributed by atoms with Gasteiger partial charge in [0.05, 0.1) is 18.7 Å². The number of aromatic nitrogens is 2. The minimum atomic E-state index is -1.03. The lowest BCUT2D eigenvalue weighted by Gasteiger charge is -2.39. The molecule has 0 spiro atoms.